The van der Waals surface area contributed by atoms with Crippen LogP contribution in [0.2, 0.25) is 0 Å². The smallest absolute Gasteiger partial charge is 0.117 e. The Morgan fingerprint density at radius 1 is 1.11 bits per heavy atom. The zero-order valence-corrected chi connectivity index (χ0v) is 11.6. The molecule has 1 aromatic heterocycles. The third-order valence-electron chi connectivity index (χ3n) is 3.66. The SMILES string of the molecule is CCC(CC)(c1ccccc1)c1nccc(=S)[nH]1. The Labute approximate surface area is 113 Å². The van der Waals surface area contributed by atoms with Gasteiger partial charge in [0.2, 0.25) is 0 Å². The maximum Gasteiger partial charge on any atom is 0.117 e. The molecule has 1 aromatic carbocycles. The minimum absolute atomic E-state index is 0.0733. The molecule has 0 unspecified atom stereocenters. The highest BCUT2D eigenvalue weighted by molar-refractivity contribution is 7.71. The Hall–Kier alpha value is -1.48. The van der Waals surface area contributed by atoms with Crippen LogP contribution < -0.4 is 0 Å². The van der Waals surface area contributed by atoms with E-state index in [1.165, 1.54) is 5.56 Å². The van der Waals surface area contributed by atoms with Gasteiger partial charge in [-0.1, -0.05) is 56.4 Å². The summed E-state index contributed by atoms with van der Waals surface area (Å²) in [6.45, 7) is 4.39. The first-order valence-electron chi connectivity index (χ1n) is 6.34. The second-order valence-corrected chi connectivity index (χ2v) is 4.88. The molecule has 0 spiro atoms. The van der Waals surface area contributed by atoms with Crippen molar-refractivity contribution < 1.29 is 0 Å². The van der Waals surface area contributed by atoms with Crippen molar-refractivity contribution in [1.29, 1.82) is 0 Å². The van der Waals surface area contributed by atoms with E-state index in [0.29, 0.717) is 0 Å². The molecule has 0 aliphatic heterocycles. The molecule has 0 fully saturated rings. The van der Waals surface area contributed by atoms with E-state index in [1.54, 1.807) is 6.20 Å². The van der Waals surface area contributed by atoms with Gasteiger partial charge >= 0.3 is 0 Å². The zero-order chi connectivity index (χ0) is 13.0. The molecule has 2 nitrogen and oxygen atoms in total. The van der Waals surface area contributed by atoms with Crippen molar-refractivity contribution in [3.63, 3.8) is 0 Å². The van der Waals surface area contributed by atoms with Crippen LogP contribution in [0.1, 0.15) is 38.1 Å². The van der Waals surface area contributed by atoms with Crippen LogP contribution in [0.5, 0.6) is 0 Å². The van der Waals surface area contributed by atoms with Gasteiger partial charge < -0.3 is 4.98 Å². The first kappa shape index (κ1) is 13.0. The van der Waals surface area contributed by atoms with Gasteiger partial charge in [0, 0.05) is 6.20 Å². The summed E-state index contributed by atoms with van der Waals surface area (Å²) < 4.78 is 0.738. The van der Waals surface area contributed by atoms with Gasteiger partial charge in [-0.15, -0.1) is 0 Å². The van der Waals surface area contributed by atoms with Crippen molar-refractivity contribution in [2.45, 2.75) is 32.1 Å². The molecule has 1 heterocycles. The lowest BCUT2D eigenvalue weighted by molar-refractivity contribution is 0.448. The highest BCUT2D eigenvalue weighted by atomic mass is 32.1. The molecule has 0 radical (unpaired) electrons. The first-order valence-corrected chi connectivity index (χ1v) is 6.75. The van der Waals surface area contributed by atoms with Crippen LogP contribution in [0.15, 0.2) is 42.6 Å². The molecule has 0 amide bonds. The average Bonchev–Trinajstić information content (AvgIpc) is 2.42. The molecule has 2 rings (SSSR count). The normalized spacial score (nSPS) is 11.4. The van der Waals surface area contributed by atoms with Crippen molar-refractivity contribution in [2.75, 3.05) is 0 Å². The number of rotatable bonds is 4. The predicted octanol–water partition coefficient (Wildman–Crippen LogP) is 4.25. The second kappa shape index (κ2) is 5.44. The predicted molar refractivity (Wildman–Crippen MR) is 77.2 cm³/mol. The summed E-state index contributed by atoms with van der Waals surface area (Å²) in [7, 11) is 0. The minimum Gasteiger partial charge on any atom is -0.334 e. The molecular formula is C15H18N2S. The van der Waals surface area contributed by atoms with E-state index in [-0.39, 0.29) is 5.41 Å². The topological polar surface area (TPSA) is 28.7 Å². The quantitative estimate of drug-likeness (QED) is 0.831. The average molecular weight is 258 g/mol. The number of hydrogen-bond acceptors (Lipinski definition) is 2. The van der Waals surface area contributed by atoms with Crippen LogP contribution in [0.25, 0.3) is 0 Å². The van der Waals surface area contributed by atoms with Gasteiger partial charge in [-0.05, 0) is 24.5 Å². The third-order valence-corrected chi connectivity index (χ3v) is 3.90. The fourth-order valence-electron chi connectivity index (χ4n) is 2.50. The van der Waals surface area contributed by atoms with Crippen molar-refractivity contribution >= 4 is 12.2 Å². The number of benzene rings is 1. The van der Waals surface area contributed by atoms with E-state index in [2.05, 4.69) is 48.1 Å². The summed E-state index contributed by atoms with van der Waals surface area (Å²) in [4.78, 5) is 7.76. The molecular weight excluding hydrogens is 240 g/mol. The number of aromatic nitrogens is 2. The second-order valence-electron chi connectivity index (χ2n) is 4.44. The standard InChI is InChI=1S/C15H18N2S/c1-3-15(4-2,12-8-6-5-7-9-12)14-16-11-10-13(18)17-14/h5-11H,3-4H2,1-2H3,(H,16,17,18). The molecule has 2 aromatic rings. The molecule has 0 aliphatic carbocycles. The van der Waals surface area contributed by atoms with Crippen LogP contribution >= 0.6 is 12.2 Å². The van der Waals surface area contributed by atoms with Gasteiger partial charge in [0.25, 0.3) is 0 Å². The van der Waals surface area contributed by atoms with Gasteiger partial charge in [0.1, 0.15) is 10.5 Å². The summed E-state index contributed by atoms with van der Waals surface area (Å²) >= 11 is 5.22. The summed E-state index contributed by atoms with van der Waals surface area (Å²) in [5.74, 6) is 0.964. The molecule has 1 N–H and O–H groups in total. The monoisotopic (exact) mass is 258 g/mol. The minimum atomic E-state index is -0.0733. The van der Waals surface area contributed by atoms with Crippen LogP contribution in [0.3, 0.4) is 0 Å². The Morgan fingerprint density at radius 2 is 1.78 bits per heavy atom. The van der Waals surface area contributed by atoms with E-state index in [1.807, 2.05) is 12.1 Å². The highest BCUT2D eigenvalue weighted by Crippen LogP contribution is 2.36. The Kier molecular flexibility index (Phi) is 3.92. The zero-order valence-electron chi connectivity index (χ0n) is 10.8. The number of nitrogens with zero attached hydrogens (tertiary/aromatic N) is 1. The molecule has 94 valence electrons. The largest absolute Gasteiger partial charge is 0.334 e. The lowest BCUT2D eigenvalue weighted by atomic mass is 9.75. The van der Waals surface area contributed by atoms with Gasteiger partial charge in [-0.3, -0.25) is 0 Å². The fraction of sp³-hybridized carbons (Fsp3) is 0.333. The van der Waals surface area contributed by atoms with Crippen LogP contribution in [0, 0.1) is 4.64 Å². The lowest BCUT2D eigenvalue weighted by Gasteiger charge is -2.31. The molecule has 3 heteroatoms. The van der Waals surface area contributed by atoms with Crippen LogP contribution in [-0.2, 0) is 5.41 Å². The summed E-state index contributed by atoms with van der Waals surface area (Å²) in [6.07, 6.45) is 3.78. The van der Waals surface area contributed by atoms with Crippen LogP contribution in [0.4, 0.5) is 0 Å². The van der Waals surface area contributed by atoms with E-state index in [4.69, 9.17) is 12.2 Å². The van der Waals surface area contributed by atoms with Gasteiger partial charge in [0.15, 0.2) is 0 Å². The third kappa shape index (κ3) is 2.23. The lowest BCUT2D eigenvalue weighted by Crippen LogP contribution is -2.28. The Balaban J connectivity index is 2.61. The van der Waals surface area contributed by atoms with Crippen molar-refractivity contribution in [3.05, 3.63) is 58.6 Å². The summed E-state index contributed by atoms with van der Waals surface area (Å²) in [6, 6.07) is 12.3. The maximum absolute atomic E-state index is 5.22. The van der Waals surface area contributed by atoms with Crippen molar-refractivity contribution in [3.8, 4) is 0 Å². The number of aromatic amines is 1. The maximum atomic E-state index is 5.22. The van der Waals surface area contributed by atoms with E-state index >= 15 is 0 Å². The van der Waals surface area contributed by atoms with Crippen LogP contribution in [-0.4, -0.2) is 9.97 Å². The molecule has 0 bridgehead atoms. The number of hydrogen-bond donors (Lipinski definition) is 1. The number of H-pyrrole nitrogens is 1. The fourth-order valence-corrected chi connectivity index (χ4v) is 2.66. The Bertz CT molecular complexity index is 556. The van der Waals surface area contributed by atoms with Crippen molar-refractivity contribution in [1.82, 2.24) is 9.97 Å². The molecule has 0 aliphatic rings. The Morgan fingerprint density at radius 3 is 2.33 bits per heavy atom. The summed E-state index contributed by atoms with van der Waals surface area (Å²) in [5, 5.41) is 0. The molecule has 0 saturated heterocycles. The van der Waals surface area contributed by atoms with Gasteiger partial charge in [-0.25, -0.2) is 4.98 Å². The molecule has 18 heavy (non-hydrogen) atoms. The van der Waals surface area contributed by atoms with Gasteiger partial charge in [0.05, 0.1) is 5.41 Å². The van der Waals surface area contributed by atoms with E-state index < -0.39 is 0 Å². The highest BCUT2D eigenvalue weighted by Gasteiger charge is 2.32. The first-order chi connectivity index (χ1) is 8.73. The van der Waals surface area contributed by atoms with Gasteiger partial charge in [-0.2, -0.15) is 0 Å². The van der Waals surface area contributed by atoms with E-state index in [9.17, 15) is 0 Å². The molecule has 0 atom stereocenters. The van der Waals surface area contributed by atoms with E-state index in [0.717, 1.165) is 23.3 Å². The van der Waals surface area contributed by atoms with Crippen molar-refractivity contribution in [2.24, 2.45) is 0 Å². The summed E-state index contributed by atoms with van der Waals surface area (Å²) in [5.41, 5.74) is 1.22. The molecule has 0 saturated carbocycles. The number of nitrogens with one attached hydrogen (secondary N) is 1.